The first-order valence-corrected chi connectivity index (χ1v) is 24.4. The zero-order valence-electron chi connectivity index (χ0n) is 35.6. The molecule has 67 heavy (non-hydrogen) atoms. The first-order valence-electron chi connectivity index (χ1n) is 17.1. The summed E-state index contributed by atoms with van der Waals surface area (Å²) in [6.45, 7) is -0.904. The van der Waals surface area contributed by atoms with E-state index in [2.05, 4.69) is 39.3 Å². The number of anilines is 2. The van der Waals surface area contributed by atoms with Crippen molar-refractivity contribution in [1.29, 1.82) is 0 Å². The Balaban J connectivity index is 0.00000385. The second-order valence-corrected chi connectivity index (χ2v) is 20.1. The third-order valence-electron chi connectivity index (χ3n) is 8.44. The van der Waals surface area contributed by atoms with E-state index in [1.165, 1.54) is 35.2 Å². The molecule has 1 heterocycles. The van der Waals surface area contributed by atoms with Crippen LogP contribution in [-0.2, 0) is 54.8 Å². The SMILES string of the molecule is CN(c1ccccc1)c1nc(=Nc2cccc(S(=O)(=O)CCOS(=O)(=O)O)c2)[nH]c(=Nc2cc(S(=O)(=O)O)cc3cc(S(=O)(=O)O)c(N=Nc4ccccc4S(=O)(=O)O)c(O)c23)[nH]1.[Na].[Na].[Na].[Na]. The smallest absolute Gasteiger partial charge is 0.397 e. The number of nitrogens with one attached hydrogen (secondary N) is 2. The predicted octanol–water partition coefficient (Wildman–Crippen LogP) is 2.05. The Morgan fingerprint density at radius 2 is 1.27 bits per heavy atom. The van der Waals surface area contributed by atoms with Gasteiger partial charge < -0.3 is 10.0 Å². The first kappa shape index (κ1) is 60.8. The third-order valence-corrected chi connectivity index (χ3v) is 13.2. The molecular formula is C34H30N8Na4O16S5. The van der Waals surface area contributed by atoms with Gasteiger partial charge in [0.2, 0.25) is 17.2 Å². The molecule has 0 saturated heterocycles. The topological polar surface area (TPSA) is 378 Å². The van der Waals surface area contributed by atoms with Crippen LogP contribution in [0.15, 0.2) is 137 Å². The van der Waals surface area contributed by atoms with Gasteiger partial charge >= 0.3 is 10.4 Å². The van der Waals surface area contributed by atoms with Crippen LogP contribution in [0.1, 0.15) is 0 Å². The Morgan fingerprint density at radius 3 is 1.88 bits per heavy atom. The number of sulfone groups is 1. The molecule has 33 heteroatoms. The zero-order valence-corrected chi connectivity index (χ0v) is 47.7. The Labute approximate surface area is 470 Å². The number of hydrogen-bond acceptors (Lipinski definition) is 18. The standard InChI is InChI=1S/C34H30N8O16S5.4Na/c1-42(22-9-3-2-4-10-22)34-38-32(35-21-8-7-11-23(18-21)59(44,45)15-14-58-63(55,56)57)37-33(39-34)36-26-19-24(60(46,47)48)16-20-17-28(62(52,53)54)30(31(43)29(20)26)41-40-25-12-5-6-13-27(25)61(49,50)51;;;;/h2-13,16-19,43H,14-15H2,1H3,(H,46,47,48)(H,49,50,51)(H,52,53,54)(H,55,56,57)(H2,35,36,37,38,39);;;;. The van der Waals surface area contributed by atoms with Gasteiger partial charge in [-0.15, -0.1) is 10.2 Å². The molecule has 0 saturated carbocycles. The van der Waals surface area contributed by atoms with Gasteiger partial charge in [0.1, 0.15) is 21.2 Å². The van der Waals surface area contributed by atoms with Crippen molar-refractivity contribution in [3.63, 3.8) is 0 Å². The molecule has 1 aromatic heterocycles. The second-order valence-electron chi connectivity index (χ2n) is 12.7. The fourth-order valence-electron chi connectivity index (χ4n) is 5.63. The van der Waals surface area contributed by atoms with Gasteiger partial charge in [-0.05, 0) is 66.0 Å². The summed E-state index contributed by atoms with van der Waals surface area (Å²) in [7, 11) is -22.9. The van der Waals surface area contributed by atoms with Crippen LogP contribution >= 0.6 is 0 Å². The maximum atomic E-state index is 13.0. The van der Waals surface area contributed by atoms with E-state index in [1.54, 1.807) is 37.4 Å². The van der Waals surface area contributed by atoms with Crippen molar-refractivity contribution >= 4 is 214 Å². The first-order chi connectivity index (χ1) is 29.3. The molecule has 4 radical (unpaired) electrons. The fourth-order valence-corrected chi connectivity index (χ4v) is 8.97. The molecule has 0 atom stereocenters. The van der Waals surface area contributed by atoms with Crippen molar-refractivity contribution in [2.75, 3.05) is 24.3 Å². The summed E-state index contributed by atoms with van der Waals surface area (Å²) in [6.07, 6.45) is 0. The Morgan fingerprint density at radius 1 is 0.642 bits per heavy atom. The van der Waals surface area contributed by atoms with E-state index >= 15 is 0 Å². The molecule has 0 spiro atoms. The van der Waals surface area contributed by atoms with E-state index in [9.17, 15) is 60.9 Å². The van der Waals surface area contributed by atoms with E-state index in [-0.39, 0.29) is 146 Å². The summed E-state index contributed by atoms with van der Waals surface area (Å²) < 4.78 is 165. The molecule has 336 valence electrons. The average molecular weight is 1060 g/mol. The van der Waals surface area contributed by atoms with Crippen molar-refractivity contribution in [2.45, 2.75) is 19.6 Å². The van der Waals surface area contributed by atoms with Gasteiger partial charge in [-0.2, -0.15) is 38.7 Å². The second kappa shape index (κ2) is 24.2. The van der Waals surface area contributed by atoms with Crippen LogP contribution in [0.3, 0.4) is 0 Å². The number of hydrogen-bond donors (Lipinski definition) is 7. The van der Waals surface area contributed by atoms with Gasteiger partial charge in [-0.3, -0.25) is 28.2 Å². The molecule has 24 nitrogen and oxygen atoms in total. The van der Waals surface area contributed by atoms with E-state index < -0.39 is 111 Å². The molecule has 0 aliphatic carbocycles. The Kier molecular flexibility index (Phi) is 22.0. The van der Waals surface area contributed by atoms with Crippen LogP contribution < -0.4 is 16.1 Å². The molecule has 6 rings (SSSR count). The molecule has 6 aromatic rings. The molecule has 7 N–H and O–H groups in total. The quantitative estimate of drug-likeness (QED) is 0.0466. The van der Waals surface area contributed by atoms with Crippen LogP contribution in [0.4, 0.5) is 34.4 Å². The summed E-state index contributed by atoms with van der Waals surface area (Å²) >= 11 is 0. The monoisotopic (exact) mass is 1060 g/mol. The Hall–Kier alpha value is -2.28. The van der Waals surface area contributed by atoms with Crippen LogP contribution in [0.25, 0.3) is 10.8 Å². The van der Waals surface area contributed by atoms with Crippen LogP contribution in [-0.4, -0.2) is 218 Å². The van der Waals surface area contributed by atoms with Gasteiger partial charge in [0.15, 0.2) is 15.6 Å². The van der Waals surface area contributed by atoms with Crippen molar-refractivity contribution in [3.05, 3.63) is 108 Å². The van der Waals surface area contributed by atoms with E-state index in [1.807, 2.05) is 0 Å². The minimum absolute atomic E-state index is 0. The number of aromatic nitrogens is 3. The van der Waals surface area contributed by atoms with Gasteiger partial charge in [-0.1, -0.05) is 36.4 Å². The fraction of sp³-hybridized carbons (Fsp3) is 0.0882. The number of para-hydroxylation sites is 1. The van der Waals surface area contributed by atoms with Gasteiger partial charge in [0.25, 0.3) is 30.4 Å². The summed E-state index contributed by atoms with van der Waals surface area (Å²) in [6, 6.07) is 20.2. The summed E-state index contributed by atoms with van der Waals surface area (Å²) in [5, 5.41) is 18.1. The number of fused-ring (bicyclic) bond motifs is 1. The van der Waals surface area contributed by atoms with Gasteiger partial charge in [0, 0.05) is 131 Å². The van der Waals surface area contributed by atoms with Gasteiger partial charge in [-0.25, -0.2) is 22.6 Å². The van der Waals surface area contributed by atoms with Crippen molar-refractivity contribution < 1.29 is 69.6 Å². The molecule has 0 bridgehead atoms. The number of nitrogens with zero attached hydrogens (tertiary/aromatic N) is 6. The predicted molar refractivity (Wildman–Crippen MR) is 243 cm³/mol. The van der Waals surface area contributed by atoms with Crippen molar-refractivity contribution in [1.82, 2.24) is 15.0 Å². The number of aromatic amines is 2. The number of phenolic OH excluding ortho intramolecular Hbond substituents is 1. The normalized spacial score (nSPS) is 12.7. The van der Waals surface area contributed by atoms with E-state index in [0.717, 1.165) is 30.3 Å². The van der Waals surface area contributed by atoms with Gasteiger partial charge in [0.05, 0.1) is 38.9 Å². The van der Waals surface area contributed by atoms with Crippen LogP contribution in [0.5, 0.6) is 5.75 Å². The average Bonchev–Trinajstić information content (AvgIpc) is 3.18. The minimum Gasteiger partial charge on any atom is -0.505 e. The van der Waals surface area contributed by atoms with E-state index in [0.29, 0.717) is 11.8 Å². The number of rotatable bonds is 14. The number of azo groups is 1. The number of phenols is 1. The molecule has 0 aliphatic heterocycles. The minimum atomic E-state index is -5.35. The third kappa shape index (κ3) is 15.9. The molecule has 0 fully saturated rings. The van der Waals surface area contributed by atoms with Crippen LogP contribution in [0.2, 0.25) is 0 Å². The largest absolute Gasteiger partial charge is 0.505 e. The summed E-state index contributed by atoms with van der Waals surface area (Å²) in [5.74, 6) is -2.00. The zero-order chi connectivity index (χ0) is 46.1. The molecule has 0 aliphatic rings. The number of aromatic hydroxyl groups is 1. The maximum absolute atomic E-state index is 13.0. The molecule has 5 aromatic carbocycles. The van der Waals surface area contributed by atoms with Crippen molar-refractivity contribution in [2.24, 2.45) is 20.2 Å². The molecular weight excluding hydrogens is 1030 g/mol. The van der Waals surface area contributed by atoms with Crippen molar-refractivity contribution in [3.8, 4) is 5.75 Å². The molecule has 0 amide bonds. The maximum Gasteiger partial charge on any atom is 0.397 e. The van der Waals surface area contributed by atoms with Crippen LogP contribution in [0, 0.1) is 0 Å². The number of benzene rings is 5. The number of H-pyrrole nitrogens is 2. The molecule has 0 unspecified atom stereocenters. The summed E-state index contributed by atoms with van der Waals surface area (Å²) in [5.41, 5.74) is -2.21. The van der Waals surface area contributed by atoms with E-state index in [4.69, 9.17) is 4.55 Å². The summed E-state index contributed by atoms with van der Waals surface area (Å²) in [4.78, 5) is 17.1. The Bertz CT molecular complexity index is 3570.